The number of H-pyrrole nitrogens is 1. The second kappa shape index (κ2) is 9.08. The Morgan fingerprint density at radius 3 is 2.97 bits per heavy atom. The largest absolute Gasteiger partial charge is 0.364 e. The van der Waals surface area contributed by atoms with Crippen LogP contribution >= 0.6 is 11.6 Å². The molecule has 0 bridgehead atoms. The van der Waals surface area contributed by atoms with E-state index in [2.05, 4.69) is 25.3 Å². The number of hydrogen-bond acceptors (Lipinski definition) is 5. The summed E-state index contributed by atoms with van der Waals surface area (Å²) in [6.07, 6.45) is 10.5. The van der Waals surface area contributed by atoms with Crippen molar-refractivity contribution in [2.75, 3.05) is 5.32 Å². The SMILES string of the molecule is CCCC(=O)C[C@@H]1CCCC[C@H]1Nc1nc(-c2c[nH]c3ncc(Cl)cc23)ncc1F. The zero-order chi connectivity index (χ0) is 21.1. The van der Waals surface area contributed by atoms with E-state index in [0.717, 1.165) is 37.5 Å². The second-order valence-corrected chi connectivity index (χ2v) is 8.37. The maximum atomic E-state index is 14.6. The summed E-state index contributed by atoms with van der Waals surface area (Å²) in [4.78, 5) is 28.1. The average molecular weight is 430 g/mol. The fraction of sp³-hybridized carbons (Fsp3) is 0.455. The number of Topliss-reactive ketones (excluding diaryl/α,β-unsaturated/α-hetero) is 1. The number of aromatic amines is 1. The third-order valence-corrected chi connectivity index (χ3v) is 5.94. The van der Waals surface area contributed by atoms with Gasteiger partial charge in [-0.1, -0.05) is 31.4 Å². The molecule has 4 rings (SSSR count). The summed E-state index contributed by atoms with van der Waals surface area (Å²) in [7, 11) is 0. The van der Waals surface area contributed by atoms with E-state index in [1.165, 1.54) is 6.20 Å². The van der Waals surface area contributed by atoms with E-state index in [0.29, 0.717) is 34.9 Å². The second-order valence-electron chi connectivity index (χ2n) is 7.93. The van der Waals surface area contributed by atoms with Crippen LogP contribution in [0.1, 0.15) is 51.9 Å². The van der Waals surface area contributed by atoms with Crippen molar-refractivity contribution in [1.82, 2.24) is 19.9 Å². The van der Waals surface area contributed by atoms with Gasteiger partial charge >= 0.3 is 0 Å². The van der Waals surface area contributed by atoms with Crippen LogP contribution in [0.15, 0.2) is 24.7 Å². The van der Waals surface area contributed by atoms with Crippen LogP contribution in [0.4, 0.5) is 10.2 Å². The molecule has 2 atom stereocenters. The van der Waals surface area contributed by atoms with Gasteiger partial charge < -0.3 is 10.3 Å². The molecular weight excluding hydrogens is 405 g/mol. The molecule has 30 heavy (non-hydrogen) atoms. The molecule has 158 valence electrons. The molecule has 3 heterocycles. The molecule has 1 fully saturated rings. The fourth-order valence-electron chi connectivity index (χ4n) is 4.25. The van der Waals surface area contributed by atoms with Crippen molar-refractivity contribution in [3.8, 4) is 11.4 Å². The molecule has 0 unspecified atom stereocenters. The predicted octanol–water partition coefficient (Wildman–Crippen LogP) is 5.54. The van der Waals surface area contributed by atoms with Gasteiger partial charge in [0.1, 0.15) is 11.4 Å². The maximum Gasteiger partial charge on any atom is 0.183 e. The lowest BCUT2D eigenvalue weighted by Crippen LogP contribution is -2.34. The molecule has 3 aromatic rings. The highest BCUT2D eigenvalue weighted by molar-refractivity contribution is 6.31. The van der Waals surface area contributed by atoms with Crippen molar-refractivity contribution in [2.45, 2.75) is 57.9 Å². The zero-order valence-corrected chi connectivity index (χ0v) is 17.7. The van der Waals surface area contributed by atoms with Gasteiger partial charge in [-0.05, 0) is 31.2 Å². The number of carbonyl (C=O) groups is 1. The third kappa shape index (κ3) is 4.46. The van der Waals surface area contributed by atoms with E-state index in [1.54, 1.807) is 18.5 Å². The van der Waals surface area contributed by atoms with E-state index in [1.807, 2.05) is 6.92 Å². The Morgan fingerprint density at radius 2 is 2.13 bits per heavy atom. The summed E-state index contributed by atoms with van der Waals surface area (Å²) in [5.41, 5.74) is 1.37. The van der Waals surface area contributed by atoms with E-state index in [4.69, 9.17) is 11.6 Å². The van der Waals surface area contributed by atoms with Gasteiger partial charge in [-0.2, -0.15) is 0 Å². The Bertz CT molecular complexity index is 1050. The number of hydrogen-bond donors (Lipinski definition) is 2. The third-order valence-electron chi connectivity index (χ3n) is 5.73. The van der Waals surface area contributed by atoms with Crippen LogP contribution < -0.4 is 5.32 Å². The summed E-state index contributed by atoms with van der Waals surface area (Å²) < 4.78 is 14.6. The highest BCUT2D eigenvalue weighted by Gasteiger charge is 2.28. The molecule has 3 aromatic heterocycles. The predicted molar refractivity (Wildman–Crippen MR) is 116 cm³/mol. The van der Waals surface area contributed by atoms with Gasteiger partial charge in [0.2, 0.25) is 0 Å². The molecule has 0 aliphatic heterocycles. The number of rotatable bonds is 7. The van der Waals surface area contributed by atoms with E-state index >= 15 is 0 Å². The Balaban J connectivity index is 1.59. The number of aromatic nitrogens is 4. The van der Waals surface area contributed by atoms with Gasteiger partial charge in [0, 0.05) is 42.2 Å². The van der Waals surface area contributed by atoms with Crippen molar-refractivity contribution >= 4 is 34.2 Å². The van der Waals surface area contributed by atoms with Crippen molar-refractivity contribution in [1.29, 1.82) is 0 Å². The summed E-state index contributed by atoms with van der Waals surface area (Å²) in [6, 6.07) is 1.81. The van der Waals surface area contributed by atoms with Crippen LogP contribution in [-0.2, 0) is 4.79 Å². The van der Waals surface area contributed by atoms with E-state index in [9.17, 15) is 9.18 Å². The van der Waals surface area contributed by atoms with Gasteiger partial charge in [0.25, 0.3) is 0 Å². The summed E-state index contributed by atoms with van der Waals surface area (Å²) >= 11 is 6.08. The number of ketones is 1. The van der Waals surface area contributed by atoms with Crippen molar-refractivity contribution in [3.05, 3.63) is 35.5 Å². The maximum absolute atomic E-state index is 14.6. The smallest absolute Gasteiger partial charge is 0.183 e. The molecule has 0 spiro atoms. The standard InChI is InChI=1S/C22H25ClFN5O/c1-2-5-15(30)8-13-6-3-4-7-19(13)28-22-18(24)12-27-21(29-22)17-11-26-20-16(17)9-14(23)10-25-20/h9-13,19H,2-8H2,1H3,(H,25,26)(H,27,28,29)/t13-,19+/m0/s1. The quantitative estimate of drug-likeness (QED) is 0.515. The van der Waals surface area contributed by atoms with Gasteiger partial charge in [-0.25, -0.2) is 19.3 Å². The van der Waals surface area contributed by atoms with Crippen molar-refractivity contribution in [3.63, 3.8) is 0 Å². The number of fused-ring (bicyclic) bond motifs is 1. The number of anilines is 1. The first kappa shape index (κ1) is 20.7. The molecule has 6 nitrogen and oxygen atoms in total. The summed E-state index contributed by atoms with van der Waals surface area (Å²) in [5, 5.41) is 4.56. The van der Waals surface area contributed by atoms with Crippen molar-refractivity contribution < 1.29 is 9.18 Å². The van der Waals surface area contributed by atoms with Crippen LogP contribution in [-0.4, -0.2) is 31.8 Å². The minimum absolute atomic E-state index is 0.0240. The Kier molecular flexibility index (Phi) is 6.27. The molecule has 1 aliphatic carbocycles. The normalized spacial score (nSPS) is 19.2. The lowest BCUT2D eigenvalue weighted by molar-refractivity contribution is -0.120. The molecule has 1 saturated carbocycles. The molecule has 0 saturated heterocycles. The molecule has 8 heteroatoms. The molecular formula is C22H25ClFN5O. The first-order chi connectivity index (χ1) is 14.5. The molecule has 0 radical (unpaired) electrons. The van der Waals surface area contributed by atoms with Gasteiger partial charge in [-0.3, -0.25) is 4.79 Å². The van der Waals surface area contributed by atoms with Crippen LogP contribution in [0, 0.1) is 11.7 Å². The lowest BCUT2D eigenvalue weighted by Gasteiger charge is -2.32. The number of carbonyl (C=O) groups excluding carboxylic acids is 1. The molecule has 2 N–H and O–H groups in total. The van der Waals surface area contributed by atoms with Crippen LogP contribution in [0.5, 0.6) is 0 Å². The highest BCUT2D eigenvalue weighted by Crippen LogP contribution is 2.32. The minimum atomic E-state index is -0.501. The molecule has 0 aromatic carbocycles. The molecule has 0 amide bonds. The van der Waals surface area contributed by atoms with Crippen molar-refractivity contribution in [2.24, 2.45) is 5.92 Å². The highest BCUT2D eigenvalue weighted by atomic mass is 35.5. The lowest BCUT2D eigenvalue weighted by atomic mass is 9.81. The molecule has 1 aliphatic rings. The first-order valence-electron chi connectivity index (χ1n) is 10.5. The Labute approximate surface area is 179 Å². The van der Waals surface area contributed by atoms with E-state index in [-0.39, 0.29) is 23.6 Å². The van der Waals surface area contributed by atoms with E-state index < -0.39 is 5.82 Å². The van der Waals surface area contributed by atoms with Gasteiger partial charge in [-0.15, -0.1) is 0 Å². The first-order valence-corrected chi connectivity index (χ1v) is 10.9. The Morgan fingerprint density at radius 1 is 1.30 bits per heavy atom. The van der Waals surface area contributed by atoms with Gasteiger partial charge in [0.15, 0.2) is 17.5 Å². The monoisotopic (exact) mass is 429 g/mol. The zero-order valence-electron chi connectivity index (χ0n) is 16.9. The van der Waals surface area contributed by atoms with Gasteiger partial charge in [0.05, 0.1) is 11.2 Å². The topological polar surface area (TPSA) is 83.6 Å². The van der Waals surface area contributed by atoms with Crippen LogP contribution in [0.3, 0.4) is 0 Å². The number of nitrogens with one attached hydrogen (secondary N) is 2. The summed E-state index contributed by atoms with van der Waals surface area (Å²) in [5.74, 6) is 0.543. The Hall–Kier alpha value is -2.54. The fourth-order valence-corrected chi connectivity index (χ4v) is 4.41. The average Bonchev–Trinajstić information content (AvgIpc) is 3.14. The number of pyridine rings is 1. The van der Waals surface area contributed by atoms with Crippen LogP contribution in [0.2, 0.25) is 5.02 Å². The number of halogens is 2. The minimum Gasteiger partial charge on any atom is -0.364 e. The van der Waals surface area contributed by atoms with Crippen LogP contribution in [0.25, 0.3) is 22.4 Å². The number of nitrogens with zero attached hydrogens (tertiary/aromatic N) is 3. The summed E-state index contributed by atoms with van der Waals surface area (Å²) in [6.45, 7) is 2.01.